The fraction of sp³-hybridized carbons (Fsp3) is 0.273. The summed E-state index contributed by atoms with van der Waals surface area (Å²) < 4.78 is 27.1. The second-order valence-electron chi connectivity index (χ2n) is 7.02. The van der Waals surface area contributed by atoms with Crippen LogP contribution >= 0.6 is 0 Å². The molecule has 0 fully saturated rings. The van der Waals surface area contributed by atoms with E-state index in [-0.39, 0.29) is 31.2 Å². The second kappa shape index (κ2) is 9.76. The molecule has 1 aromatic carbocycles. The van der Waals surface area contributed by atoms with Crippen LogP contribution in [-0.4, -0.2) is 68.9 Å². The number of nitrogens with zero attached hydrogens (tertiary/aromatic N) is 6. The van der Waals surface area contributed by atoms with Crippen LogP contribution in [0.3, 0.4) is 0 Å². The molecule has 0 atom stereocenters. The number of rotatable bonds is 9. The molecule has 4 aromatic rings. The van der Waals surface area contributed by atoms with Crippen LogP contribution in [0, 0.1) is 5.82 Å². The molecule has 0 radical (unpaired) electrons. The standard InChI is InChI=1S/C22H23FN6O4/c1-32-15-9-18(21(23)19(10-15)33-2)29(6-8-31)20-4-3-16-22(27-20)26-17(12-24-16)14-11-25-28(13-14)5-7-30/h3-4,9-13,30-31H,5-8H2,1-2H3. The summed E-state index contributed by atoms with van der Waals surface area (Å²) in [5.74, 6) is 0.168. The van der Waals surface area contributed by atoms with E-state index in [0.29, 0.717) is 35.0 Å². The number of aliphatic hydroxyl groups is 2. The zero-order chi connectivity index (χ0) is 23.4. The molecule has 0 saturated heterocycles. The van der Waals surface area contributed by atoms with Gasteiger partial charge in [0.15, 0.2) is 17.2 Å². The molecule has 11 heteroatoms. The molecule has 0 spiro atoms. The Morgan fingerprint density at radius 1 is 1.06 bits per heavy atom. The molecule has 4 rings (SSSR count). The molecule has 0 bridgehead atoms. The number of benzene rings is 1. The lowest BCUT2D eigenvalue weighted by molar-refractivity contribution is 0.269. The lowest BCUT2D eigenvalue weighted by atomic mass is 10.2. The van der Waals surface area contributed by atoms with Crippen LogP contribution in [0.15, 0.2) is 42.9 Å². The van der Waals surface area contributed by atoms with Crippen molar-refractivity contribution in [2.45, 2.75) is 6.54 Å². The molecule has 0 aliphatic rings. The number of ether oxygens (including phenoxy) is 2. The molecule has 0 saturated carbocycles. The molecule has 3 aromatic heterocycles. The number of halogens is 1. The SMILES string of the molecule is COc1cc(OC)c(F)c(N(CCO)c2ccc3ncc(-c4cnn(CCO)c4)nc3n2)c1. The summed E-state index contributed by atoms with van der Waals surface area (Å²) in [6.45, 7) is 0.179. The van der Waals surface area contributed by atoms with Crippen LogP contribution < -0.4 is 14.4 Å². The first-order valence-electron chi connectivity index (χ1n) is 10.1. The van der Waals surface area contributed by atoms with Gasteiger partial charge in [0.25, 0.3) is 0 Å². The van der Waals surface area contributed by atoms with Crippen molar-refractivity contribution < 1.29 is 24.1 Å². The topological polar surface area (TPSA) is 119 Å². The monoisotopic (exact) mass is 454 g/mol. The summed E-state index contributed by atoms with van der Waals surface area (Å²) in [7, 11) is 2.84. The van der Waals surface area contributed by atoms with Crippen LogP contribution in [0.1, 0.15) is 0 Å². The van der Waals surface area contributed by atoms with Crippen molar-refractivity contribution in [1.82, 2.24) is 24.7 Å². The molecule has 3 heterocycles. The van der Waals surface area contributed by atoms with Gasteiger partial charge in [0.2, 0.25) is 0 Å². The van der Waals surface area contributed by atoms with Crippen LogP contribution in [-0.2, 0) is 6.54 Å². The lowest BCUT2D eigenvalue weighted by Crippen LogP contribution is -2.23. The van der Waals surface area contributed by atoms with Gasteiger partial charge in [-0.1, -0.05) is 0 Å². The largest absolute Gasteiger partial charge is 0.497 e. The van der Waals surface area contributed by atoms with E-state index in [0.717, 1.165) is 5.56 Å². The third-order valence-corrected chi connectivity index (χ3v) is 4.99. The maximum Gasteiger partial charge on any atom is 0.188 e. The predicted molar refractivity (Wildman–Crippen MR) is 119 cm³/mol. The molecular formula is C22H23FN6O4. The third-order valence-electron chi connectivity index (χ3n) is 4.99. The summed E-state index contributed by atoms with van der Waals surface area (Å²) in [5, 5.41) is 22.9. The normalized spacial score (nSPS) is 11.1. The van der Waals surface area contributed by atoms with E-state index in [1.165, 1.54) is 31.3 Å². The van der Waals surface area contributed by atoms with Crippen LogP contribution in [0.2, 0.25) is 0 Å². The lowest BCUT2D eigenvalue weighted by Gasteiger charge is -2.24. The highest BCUT2D eigenvalue weighted by Crippen LogP contribution is 2.36. The minimum atomic E-state index is -0.607. The molecule has 0 unspecified atom stereocenters. The first-order chi connectivity index (χ1) is 16.1. The van der Waals surface area contributed by atoms with Gasteiger partial charge in [-0.05, 0) is 12.1 Å². The number of aromatic nitrogens is 5. The zero-order valence-electron chi connectivity index (χ0n) is 18.1. The molecule has 0 aliphatic heterocycles. The fourth-order valence-corrected chi connectivity index (χ4v) is 3.38. The van der Waals surface area contributed by atoms with Gasteiger partial charge in [-0.2, -0.15) is 5.10 Å². The van der Waals surface area contributed by atoms with Gasteiger partial charge in [-0.3, -0.25) is 9.67 Å². The Morgan fingerprint density at radius 2 is 1.91 bits per heavy atom. The second-order valence-corrected chi connectivity index (χ2v) is 7.02. The Balaban J connectivity index is 1.78. The number of hydrogen-bond acceptors (Lipinski definition) is 9. The quantitative estimate of drug-likeness (QED) is 0.392. The van der Waals surface area contributed by atoms with E-state index in [4.69, 9.17) is 14.6 Å². The van der Waals surface area contributed by atoms with Gasteiger partial charge in [0.1, 0.15) is 17.1 Å². The van der Waals surface area contributed by atoms with Crippen molar-refractivity contribution >= 4 is 22.7 Å². The van der Waals surface area contributed by atoms with Crippen LogP contribution in [0.5, 0.6) is 11.5 Å². The molecule has 10 nitrogen and oxygen atoms in total. The van der Waals surface area contributed by atoms with Gasteiger partial charge in [-0.25, -0.2) is 14.4 Å². The highest BCUT2D eigenvalue weighted by molar-refractivity contribution is 5.77. The van der Waals surface area contributed by atoms with Crippen molar-refractivity contribution in [3.63, 3.8) is 0 Å². The number of pyridine rings is 1. The maximum atomic E-state index is 15.1. The smallest absolute Gasteiger partial charge is 0.188 e. The van der Waals surface area contributed by atoms with E-state index in [1.54, 1.807) is 35.4 Å². The molecular weight excluding hydrogens is 431 g/mol. The Hall–Kier alpha value is -3.83. The number of fused-ring (bicyclic) bond motifs is 1. The Kier molecular flexibility index (Phi) is 6.61. The number of hydrogen-bond donors (Lipinski definition) is 2. The molecule has 0 amide bonds. The summed E-state index contributed by atoms with van der Waals surface area (Å²) in [6.07, 6.45) is 5.00. The Labute approximate surface area is 188 Å². The Bertz CT molecular complexity index is 1270. The molecule has 172 valence electrons. The average molecular weight is 454 g/mol. The number of anilines is 2. The summed E-state index contributed by atoms with van der Waals surface area (Å²) in [4.78, 5) is 15.1. The first kappa shape index (κ1) is 22.4. The third kappa shape index (κ3) is 4.54. The van der Waals surface area contributed by atoms with Crippen molar-refractivity contribution in [3.05, 3.63) is 48.7 Å². The first-order valence-corrected chi connectivity index (χ1v) is 10.1. The minimum absolute atomic E-state index is 0.00930. The summed E-state index contributed by atoms with van der Waals surface area (Å²) >= 11 is 0. The fourth-order valence-electron chi connectivity index (χ4n) is 3.38. The maximum absolute atomic E-state index is 15.1. The highest BCUT2D eigenvalue weighted by atomic mass is 19.1. The van der Waals surface area contributed by atoms with Gasteiger partial charge >= 0.3 is 0 Å². The molecule has 0 aliphatic carbocycles. The van der Waals surface area contributed by atoms with Crippen molar-refractivity contribution in [3.8, 4) is 22.8 Å². The molecule has 2 N–H and O–H groups in total. The van der Waals surface area contributed by atoms with Crippen molar-refractivity contribution in [1.29, 1.82) is 0 Å². The van der Waals surface area contributed by atoms with Crippen LogP contribution in [0.4, 0.5) is 15.9 Å². The van der Waals surface area contributed by atoms with E-state index in [9.17, 15) is 5.11 Å². The van der Waals surface area contributed by atoms with E-state index >= 15 is 4.39 Å². The van der Waals surface area contributed by atoms with Gasteiger partial charge < -0.3 is 24.6 Å². The van der Waals surface area contributed by atoms with E-state index < -0.39 is 5.82 Å². The average Bonchev–Trinajstić information content (AvgIpc) is 3.31. The molecule has 33 heavy (non-hydrogen) atoms. The van der Waals surface area contributed by atoms with Crippen molar-refractivity contribution in [2.24, 2.45) is 0 Å². The minimum Gasteiger partial charge on any atom is -0.497 e. The highest BCUT2D eigenvalue weighted by Gasteiger charge is 2.21. The van der Waals surface area contributed by atoms with Gasteiger partial charge in [-0.15, -0.1) is 0 Å². The van der Waals surface area contributed by atoms with Crippen molar-refractivity contribution in [2.75, 3.05) is 38.9 Å². The summed E-state index contributed by atoms with van der Waals surface area (Å²) in [5.41, 5.74) is 2.32. The van der Waals surface area contributed by atoms with E-state index in [2.05, 4.69) is 20.1 Å². The van der Waals surface area contributed by atoms with Gasteiger partial charge in [0, 0.05) is 30.4 Å². The van der Waals surface area contributed by atoms with E-state index in [1.807, 2.05) is 0 Å². The zero-order valence-corrected chi connectivity index (χ0v) is 18.1. The predicted octanol–water partition coefficient (Wildman–Crippen LogP) is 2.17. The van der Waals surface area contributed by atoms with Crippen LogP contribution in [0.25, 0.3) is 22.4 Å². The van der Waals surface area contributed by atoms with Gasteiger partial charge in [0.05, 0.1) is 57.8 Å². The number of aliphatic hydroxyl groups excluding tert-OH is 2. The summed E-state index contributed by atoms with van der Waals surface area (Å²) in [6, 6.07) is 6.36. The Morgan fingerprint density at radius 3 is 2.64 bits per heavy atom. The number of methoxy groups -OCH3 is 2.